The number of aliphatic hydroxyl groups excluding tert-OH is 1. The normalized spacial score (nSPS) is 19.4. The van der Waals surface area contributed by atoms with Gasteiger partial charge in [-0.15, -0.1) is 0 Å². The van der Waals surface area contributed by atoms with Gasteiger partial charge in [-0.05, 0) is 37.7 Å². The highest BCUT2D eigenvalue weighted by Gasteiger charge is 2.39. The fraction of sp³-hybridized carbons (Fsp3) is 0.259. The third-order valence-electron chi connectivity index (χ3n) is 7.06. The number of carbonyl (C=O) groups excluding carboxylic acids is 2. The van der Waals surface area contributed by atoms with E-state index >= 15 is 0 Å². The van der Waals surface area contributed by atoms with Crippen LogP contribution >= 0.6 is 0 Å². The Balaban J connectivity index is 1.48. The minimum atomic E-state index is -0.306. The summed E-state index contributed by atoms with van der Waals surface area (Å²) < 4.78 is 4.14. The molecule has 0 bridgehead atoms. The number of imide groups is 1. The predicted molar refractivity (Wildman–Crippen MR) is 129 cm³/mol. The van der Waals surface area contributed by atoms with Crippen molar-refractivity contribution < 1.29 is 14.7 Å². The van der Waals surface area contributed by atoms with E-state index in [0.29, 0.717) is 24.1 Å². The molecule has 33 heavy (non-hydrogen) atoms. The first kappa shape index (κ1) is 20.0. The van der Waals surface area contributed by atoms with Crippen molar-refractivity contribution in [1.29, 1.82) is 0 Å². The van der Waals surface area contributed by atoms with Gasteiger partial charge in [-0.2, -0.15) is 0 Å². The van der Waals surface area contributed by atoms with Crippen molar-refractivity contribution in [3.05, 3.63) is 71.2 Å². The Morgan fingerprint density at radius 1 is 1.15 bits per heavy atom. The number of rotatable bonds is 4. The number of allylic oxidation sites excluding steroid dienone is 2. The molecule has 1 N–H and O–H groups in total. The van der Waals surface area contributed by atoms with Crippen LogP contribution < -0.4 is 4.90 Å². The Morgan fingerprint density at radius 2 is 2.00 bits per heavy atom. The molecule has 1 aromatic carbocycles. The smallest absolute Gasteiger partial charge is 0.266 e. The lowest BCUT2D eigenvalue weighted by Crippen LogP contribution is -2.32. The van der Waals surface area contributed by atoms with Crippen molar-refractivity contribution in [2.75, 3.05) is 11.5 Å². The van der Waals surface area contributed by atoms with Crippen LogP contribution in [0.2, 0.25) is 0 Å². The van der Waals surface area contributed by atoms with Gasteiger partial charge in [-0.1, -0.05) is 36.4 Å². The molecule has 1 atom stereocenters. The number of nitrogens with zero attached hydrogens (tertiary/aromatic N) is 3. The summed E-state index contributed by atoms with van der Waals surface area (Å²) in [5.41, 5.74) is 6.06. The molecular formula is C27H25N3O3. The Labute approximate surface area is 191 Å². The molecule has 6 heteroatoms. The zero-order valence-electron chi connectivity index (χ0n) is 18.5. The maximum absolute atomic E-state index is 13.8. The molecule has 2 aliphatic heterocycles. The Morgan fingerprint density at radius 3 is 2.85 bits per heavy atom. The van der Waals surface area contributed by atoms with Gasteiger partial charge in [0.1, 0.15) is 0 Å². The van der Waals surface area contributed by atoms with Crippen LogP contribution in [0, 0.1) is 5.92 Å². The second kappa shape index (κ2) is 7.46. The second-order valence-corrected chi connectivity index (χ2v) is 8.99. The van der Waals surface area contributed by atoms with Gasteiger partial charge in [-0.3, -0.25) is 9.59 Å². The number of aryl methyl sites for hydroxylation is 1. The van der Waals surface area contributed by atoms with Crippen molar-refractivity contribution in [1.82, 2.24) is 9.13 Å². The number of hydrogen-bond acceptors (Lipinski definition) is 3. The summed E-state index contributed by atoms with van der Waals surface area (Å²) in [7, 11) is 1.99. The van der Waals surface area contributed by atoms with Crippen LogP contribution in [0.4, 0.5) is 5.69 Å². The first-order valence-corrected chi connectivity index (χ1v) is 11.4. The lowest BCUT2D eigenvalue weighted by molar-refractivity contribution is -0.119. The summed E-state index contributed by atoms with van der Waals surface area (Å²) in [5.74, 6) is -0.420. The van der Waals surface area contributed by atoms with Gasteiger partial charge in [0.2, 0.25) is 0 Å². The number of amides is 2. The standard InChI is InChI=1S/C27H25N3O3/c1-28-16-21(18-6-2-4-8-22(18)28)20-15-25(32)30(27(20)33)26-19-7-3-5-9-23(19)29-12-10-17(11-13-31)14-24(26)29/h2-3,5-7,9-10,12,15-17,31H,4,8,11,13-14H2,1H3. The van der Waals surface area contributed by atoms with Crippen LogP contribution in [0.15, 0.2) is 48.7 Å². The summed E-state index contributed by atoms with van der Waals surface area (Å²) in [6, 6.07) is 7.88. The van der Waals surface area contributed by atoms with E-state index in [1.807, 2.05) is 43.7 Å². The van der Waals surface area contributed by atoms with E-state index in [9.17, 15) is 14.7 Å². The summed E-state index contributed by atoms with van der Waals surface area (Å²) >= 11 is 0. The first-order chi connectivity index (χ1) is 16.1. The molecule has 0 spiro atoms. The van der Waals surface area contributed by atoms with Crippen molar-refractivity contribution in [2.24, 2.45) is 13.0 Å². The molecule has 0 saturated heterocycles. The highest BCUT2D eigenvalue weighted by molar-refractivity contribution is 6.45. The highest BCUT2D eigenvalue weighted by Crippen LogP contribution is 2.42. The van der Waals surface area contributed by atoms with Crippen LogP contribution in [-0.2, 0) is 29.5 Å². The zero-order chi connectivity index (χ0) is 22.7. The summed E-state index contributed by atoms with van der Waals surface area (Å²) in [6.45, 7) is 0.102. The van der Waals surface area contributed by atoms with Crippen LogP contribution in [0.1, 0.15) is 35.4 Å². The lowest BCUT2D eigenvalue weighted by Gasteiger charge is -2.22. The molecule has 2 amide bonds. The van der Waals surface area contributed by atoms with E-state index in [1.165, 1.54) is 16.7 Å². The molecule has 3 aromatic rings. The SMILES string of the molecule is Cn1cc(C2=CC(=O)N(c3c4n(c5ccccc35)C=CC(CCO)C4)C2=O)c2c1CCC=C2. The molecule has 6 rings (SSSR count). The van der Waals surface area contributed by atoms with Crippen molar-refractivity contribution >= 4 is 46.3 Å². The van der Waals surface area contributed by atoms with Crippen LogP contribution in [-0.4, -0.2) is 32.7 Å². The van der Waals surface area contributed by atoms with Crippen LogP contribution in [0.5, 0.6) is 0 Å². The molecule has 2 aromatic heterocycles. The van der Waals surface area contributed by atoms with Gasteiger partial charge in [0.05, 0.1) is 16.8 Å². The Bertz CT molecular complexity index is 1420. The van der Waals surface area contributed by atoms with E-state index in [-0.39, 0.29) is 24.3 Å². The number of anilines is 1. The molecule has 4 heterocycles. The summed E-state index contributed by atoms with van der Waals surface area (Å²) in [5, 5.41) is 10.3. The van der Waals surface area contributed by atoms with Crippen molar-refractivity contribution in [3.8, 4) is 0 Å². The van der Waals surface area contributed by atoms with Gasteiger partial charge in [0.25, 0.3) is 11.8 Å². The molecule has 6 nitrogen and oxygen atoms in total. The van der Waals surface area contributed by atoms with Gasteiger partial charge < -0.3 is 14.2 Å². The topological polar surface area (TPSA) is 67.5 Å². The van der Waals surface area contributed by atoms with Gasteiger partial charge in [-0.25, -0.2) is 4.90 Å². The summed E-state index contributed by atoms with van der Waals surface area (Å²) in [6.07, 6.45) is 15.0. The molecule has 0 fully saturated rings. The fourth-order valence-electron chi connectivity index (χ4n) is 5.50. The number of fused-ring (bicyclic) bond motifs is 4. The maximum Gasteiger partial charge on any atom is 0.266 e. The molecule has 166 valence electrons. The third-order valence-corrected chi connectivity index (χ3v) is 7.06. The minimum absolute atomic E-state index is 0.102. The third kappa shape index (κ3) is 2.91. The molecule has 1 unspecified atom stereocenters. The van der Waals surface area contributed by atoms with Crippen molar-refractivity contribution in [3.63, 3.8) is 0 Å². The molecule has 0 saturated carbocycles. The monoisotopic (exact) mass is 439 g/mol. The maximum atomic E-state index is 13.8. The average molecular weight is 440 g/mol. The number of para-hydroxylation sites is 1. The predicted octanol–water partition coefficient (Wildman–Crippen LogP) is 3.92. The number of aromatic nitrogens is 2. The van der Waals surface area contributed by atoms with E-state index in [0.717, 1.165) is 40.6 Å². The van der Waals surface area contributed by atoms with Gasteiger partial charge in [0.15, 0.2) is 0 Å². The van der Waals surface area contributed by atoms with Crippen LogP contribution in [0.25, 0.3) is 28.8 Å². The average Bonchev–Trinajstić information content (AvgIpc) is 3.43. The Kier molecular flexibility index (Phi) is 4.52. The van der Waals surface area contributed by atoms with Crippen molar-refractivity contribution in [2.45, 2.75) is 25.7 Å². The van der Waals surface area contributed by atoms with E-state index < -0.39 is 0 Å². The lowest BCUT2D eigenvalue weighted by atomic mass is 9.96. The van der Waals surface area contributed by atoms with Gasteiger partial charge in [0, 0.05) is 60.0 Å². The van der Waals surface area contributed by atoms with E-state index in [1.54, 1.807) is 0 Å². The second-order valence-electron chi connectivity index (χ2n) is 8.99. The number of benzene rings is 1. The largest absolute Gasteiger partial charge is 0.396 e. The number of carbonyl (C=O) groups is 2. The van der Waals surface area contributed by atoms with E-state index in [2.05, 4.69) is 27.4 Å². The fourth-order valence-corrected chi connectivity index (χ4v) is 5.50. The highest BCUT2D eigenvalue weighted by atomic mass is 16.3. The number of aliphatic hydroxyl groups is 1. The van der Waals surface area contributed by atoms with E-state index in [4.69, 9.17) is 0 Å². The Hall–Kier alpha value is -3.64. The minimum Gasteiger partial charge on any atom is -0.396 e. The first-order valence-electron chi connectivity index (χ1n) is 11.4. The molecular weight excluding hydrogens is 414 g/mol. The summed E-state index contributed by atoms with van der Waals surface area (Å²) in [4.78, 5) is 28.4. The van der Waals surface area contributed by atoms with Gasteiger partial charge >= 0.3 is 0 Å². The molecule has 3 aliphatic rings. The van der Waals surface area contributed by atoms with Crippen LogP contribution in [0.3, 0.4) is 0 Å². The molecule has 1 aliphatic carbocycles. The zero-order valence-corrected chi connectivity index (χ0v) is 18.5. The number of hydrogen-bond donors (Lipinski definition) is 1. The molecule has 0 radical (unpaired) electrons. The quantitative estimate of drug-likeness (QED) is 0.627.